The van der Waals surface area contributed by atoms with Crippen LogP contribution in [0.3, 0.4) is 0 Å². The summed E-state index contributed by atoms with van der Waals surface area (Å²) in [4.78, 5) is 23.7. The lowest BCUT2D eigenvalue weighted by atomic mass is 10.1. The minimum atomic E-state index is -0.223. The monoisotopic (exact) mass is 368 g/mol. The molecule has 0 aromatic heterocycles. The number of benzene rings is 2. The number of rotatable bonds is 6. The molecule has 27 heavy (non-hydrogen) atoms. The molecule has 1 heterocycles. The number of ether oxygens (including phenoxy) is 2. The van der Waals surface area contributed by atoms with Crippen LogP contribution in [0.2, 0.25) is 0 Å². The first-order valence-electron chi connectivity index (χ1n) is 9.07. The van der Waals surface area contributed by atoms with Crippen LogP contribution in [0, 0.1) is 0 Å². The highest BCUT2D eigenvalue weighted by Crippen LogP contribution is 2.35. The molecule has 2 aromatic carbocycles. The molecule has 2 aromatic rings. The van der Waals surface area contributed by atoms with Gasteiger partial charge in [-0.25, -0.2) is 0 Å². The van der Waals surface area contributed by atoms with Crippen LogP contribution in [-0.4, -0.2) is 24.5 Å². The summed E-state index contributed by atoms with van der Waals surface area (Å²) < 4.78 is 11.6. The van der Waals surface area contributed by atoms with Crippen molar-refractivity contribution < 1.29 is 19.1 Å². The van der Waals surface area contributed by atoms with Crippen molar-refractivity contribution in [1.82, 2.24) is 5.32 Å². The predicted molar refractivity (Wildman–Crippen MR) is 103 cm³/mol. The maximum absolute atomic E-state index is 12.5. The van der Waals surface area contributed by atoms with Gasteiger partial charge in [0.05, 0.1) is 6.61 Å². The van der Waals surface area contributed by atoms with E-state index >= 15 is 0 Å². The Balaban J connectivity index is 1.73. The zero-order valence-electron chi connectivity index (χ0n) is 15.8. The second kappa shape index (κ2) is 8.12. The third-order valence-electron chi connectivity index (χ3n) is 4.26. The molecule has 1 aliphatic rings. The van der Waals surface area contributed by atoms with Gasteiger partial charge in [0.15, 0.2) is 0 Å². The average Bonchev–Trinajstić information content (AvgIpc) is 2.98. The number of nitrogens with one attached hydrogen (secondary N) is 2. The largest absolute Gasteiger partial charge is 0.494 e. The molecule has 142 valence electrons. The number of anilines is 1. The Bertz CT molecular complexity index is 863. The molecule has 0 spiro atoms. The van der Waals surface area contributed by atoms with Crippen molar-refractivity contribution in [2.24, 2.45) is 0 Å². The first-order valence-corrected chi connectivity index (χ1v) is 9.07. The molecule has 2 N–H and O–H groups in total. The van der Waals surface area contributed by atoms with Crippen LogP contribution >= 0.6 is 0 Å². The van der Waals surface area contributed by atoms with Crippen LogP contribution in [0.1, 0.15) is 42.3 Å². The molecule has 6 nitrogen and oxygen atoms in total. The lowest BCUT2D eigenvalue weighted by Gasteiger charge is -2.13. The van der Waals surface area contributed by atoms with Crippen molar-refractivity contribution >= 4 is 17.5 Å². The van der Waals surface area contributed by atoms with Crippen molar-refractivity contribution in [2.75, 3.05) is 11.9 Å². The Morgan fingerprint density at radius 2 is 2.07 bits per heavy atom. The standard InChI is InChI=1S/C21H24N2O4/c1-4-26-19-10-16-8-13(2)27-20(16)11-17(19)12-22-21(25)15-6-5-7-18(9-15)23-14(3)24/h5-7,9-11,13H,4,8,12H2,1-3H3,(H,22,25)(H,23,24)/t13-/m1/s1. The molecule has 0 fully saturated rings. The Labute approximate surface area is 158 Å². The number of carbonyl (C=O) groups excluding carboxylic acids is 2. The summed E-state index contributed by atoms with van der Waals surface area (Å²) >= 11 is 0. The molecule has 0 unspecified atom stereocenters. The first-order chi connectivity index (χ1) is 13.0. The van der Waals surface area contributed by atoms with Gasteiger partial charge in [0, 0.05) is 42.3 Å². The highest BCUT2D eigenvalue weighted by Gasteiger charge is 2.22. The fourth-order valence-corrected chi connectivity index (χ4v) is 3.13. The summed E-state index contributed by atoms with van der Waals surface area (Å²) in [7, 11) is 0. The van der Waals surface area contributed by atoms with E-state index in [1.54, 1.807) is 24.3 Å². The molecular formula is C21H24N2O4. The maximum Gasteiger partial charge on any atom is 0.251 e. The number of amides is 2. The van der Waals surface area contributed by atoms with Crippen LogP contribution in [0.15, 0.2) is 36.4 Å². The Morgan fingerprint density at radius 3 is 2.81 bits per heavy atom. The smallest absolute Gasteiger partial charge is 0.251 e. The van der Waals surface area contributed by atoms with Crippen molar-refractivity contribution in [3.8, 4) is 11.5 Å². The van der Waals surface area contributed by atoms with Gasteiger partial charge in [0.1, 0.15) is 17.6 Å². The highest BCUT2D eigenvalue weighted by molar-refractivity contribution is 5.96. The van der Waals surface area contributed by atoms with Gasteiger partial charge in [0.2, 0.25) is 5.91 Å². The van der Waals surface area contributed by atoms with Gasteiger partial charge >= 0.3 is 0 Å². The van der Waals surface area contributed by atoms with Gasteiger partial charge in [0.25, 0.3) is 5.91 Å². The molecule has 0 aliphatic carbocycles. The van der Waals surface area contributed by atoms with Crippen LogP contribution in [0.4, 0.5) is 5.69 Å². The van der Waals surface area contributed by atoms with E-state index in [4.69, 9.17) is 9.47 Å². The van der Waals surface area contributed by atoms with E-state index in [0.717, 1.165) is 29.0 Å². The first kappa shape index (κ1) is 18.8. The normalized spacial score (nSPS) is 14.9. The predicted octanol–water partition coefficient (Wildman–Crippen LogP) is 3.30. The fourth-order valence-electron chi connectivity index (χ4n) is 3.13. The van der Waals surface area contributed by atoms with E-state index in [2.05, 4.69) is 10.6 Å². The van der Waals surface area contributed by atoms with Gasteiger partial charge in [-0.15, -0.1) is 0 Å². The summed E-state index contributed by atoms with van der Waals surface area (Å²) in [6.07, 6.45) is 1.01. The molecule has 3 rings (SSSR count). The molecule has 2 amide bonds. The number of carbonyl (C=O) groups is 2. The van der Waals surface area contributed by atoms with E-state index in [9.17, 15) is 9.59 Å². The summed E-state index contributed by atoms with van der Waals surface area (Å²) in [5.74, 6) is 1.21. The van der Waals surface area contributed by atoms with Crippen molar-refractivity contribution in [2.45, 2.75) is 39.8 Å². The zero-order chi connectivity index (χ0) is 19.4. The zero-order valence-corrected chi connectivity index (χ0v) is 15.8. The average molecular weight is 368 g/mol. The summed E-state index contributed by atoms with van der Waals surface area (Å²) in [6, 6.07) is 10.8. The van der Waals surface area contributed by atoms with Gasteiger partial charge < -0.3 is 20.1 Å². The molecule has 6 heteroatoms. The van der Waals surface area contributed by atoms with Gasteiger partial charge in [-0.3, -0.25) is 9.59 Å². The SMILES string of the molecule is CCOc1cc2c(cc1CNC(=O)c1cccc(NC(C)=O)c1)O[C@H](C)C2. The molecular weight excluding hydrogens is 344 g/mol. The van der Waals surface area contributed by atoms with Gasteiger partial charge in [-0.05, 0) is 44.2 Å². The van der Waals surface area contributed by atoms with Crippen LogP contribution in [0.25, 0.3) is 0 Å². The van der Waals surface area contributed by atoms with E-state index in [1.165, 1.54) is 6.92 Å². The lowest BCUT2D eigenvalue weighted by molar-refractivity contribution is -0.114. The number of hydrogen-bond acceptors (Lipinski definition) is 4. The maximum atomic E-state index is 12.5. The fraction of sp³-hybridized carbons (Fsp3) is 0.333. The van der Waals surface area contributed by atoms with E-state index in [1.807, 2.05) is 26.0 Å². The van der Waals surface area contributed by atoms with Crippen molar-refractivity contribution in [3.05, 3.63) is 53.1 Å². The third-order valence-corrected chi connectivity index (χ3v) is 4.26. The minimum absolute atomic E-state index is 0.149. The molecule has 0 saturated carbocycles. The Morgan fingerprint density at radius 1 is 1.26 bits per heavy atom. The molecule has 0 radical (unpaired) electrons. The second-order valence-electron chi connectivity index (χ2n) is 6.58. The third kappa shape index (κ3) is 4.58. The van der Waals surface area contributed by atoms with Gasteiger partial charge in [-0.1, -0.05) is 6.07 Å². The molecule has 1 atom stereocenters. The van der Waals surface area contributed by atoms with Crippen LogP contribution < -0.4 is 20.1 Å². The van der Waals surface area contributed by atoms with Crippen LogP contribution in [0.5, 0.6) is 11.5 Å². The van der Waals surface area contributed by atoms with Crippen molar-refractivity contribution in [1.29, 1.82) is 0 Å². The highest BCUT2D eigenvalue weighted by atomic mass is 16.5. The molecule has 0 saturated heterocycles. The lowest BCUT2D eigenvalue weighted by Crippen LogP contribution is -2.23. The Hall–Kier alpha value is -3.02. The topological polar surface area (TPSA) is 76.7 Å². The Kier molecular flexibility index (Phi) is 5.64. The molecule has 0 bridgehead atoms. The molecule has 1 aliphatic heterocycles. The number of hydrogen-bond donors (Lipinski definition) is 2. The van der Waals surface area contributed by atoms with Crippen molar-refractivity contribution in [3.63, 3.8) is 0 Å². The van der Waals surface area contributed by atoms with E-state index in [-0.39, 0.29) is 17.9 Å². The van der Waals surface area contributed by atoms with E-state index < -0.39 is 0 Å². The van der Waals surface area contributed by atoms with Crippen LogP contribution in [-0.2, 0) is 17.8 Å². The minimum Gasteiger partial charge on any atom is -0.494 e. The number of fused-ring (bicyclic) bond motifs is 1. The summed E-state index contributed by atoms with van der Waals surface area (Å²) in [5.41, 5.74) is 3.07. The van der Waals surface area contributed by atoms with Gasteiger partial charge in [-0.2, -0.15) is 0 Å². The van der Waals surface area contributed by atoms with E-state index in [0.29, 0.717) is 24.4 Å². The second-order valence-corrected chi connectivity index (χ2v) is 6.58. The quantitative estimate of drug-likeness (QED) is 0.820. The summed E-state index contributed by atoms with van der Waals surface area (Å²) in [5, 5.41) is 5.59. The summed E-state index contributed by atoms with van der Waals surface area (Å²) in [6.45, 7) is 6.27.